The van der Waals surface area contributed by atoms with Gasteiger partial charge in [-0.25, -0.2) is 0 Å². The highest BCUT2D eigenvalue weighted by Crippen LogP contribution is 2.21. The van der Waals surface area contributed by atoms with E-state index in [2.05, 4.69) is 20.5 Å². The Morgan fingerprint density at radius 1 is 1.35 bits per heavy atom. The van der Waals surface area contributed by atoms with E-state index in [0.29, 0.717) is 13.0 Å². The number of carbonyl (C=O) groups is 1. The fraction of sp³-hybridized carbons (Fsp3) is 0.294. The van der Waals surface area contributed by atoms with Crippen molar-refractivity contribution in [3.63, 3.8) is 0 Å². The van der Waals surface area contributed by atoms with Crippen LogP contribution in [0, 0.1) is 0 Å². The zero-order chi connectivity index (χ0) is 16.1. The maximum atomic E-state index is 11.9. The third-order valence-electron chi connectivity index (χ3n) is 3.78. The van der Waals surface area contributed by atoms with Gasteiger partial charge in [0, 0.05) is 29.2 Å². The number of ether oxygens (including phenoxy) is 1. The van der Waals surface area contributed by atoms with Crippen molar-refractivity contribution in [3.05, 3.63) is 47.9 Å². The van der Waals surface area contributed by atoms with Crippen molar-refractivity contribution in [1.29, 1.82) is 0 Å². The van der Waals surface area contributed by atoms with Crippen molar-refractivity contribution in [3.8, 4) is 5.75 Å². The Balaban J connectivity index is 1.48. The molecule has 1 aromatic carbocycles. The molecule has 6 nitrogen and oxygen atoms in total. The first kappa shape index (κ1) is 15.1. The molecule has 0 saturated carbocycles. The maximum Gasteiger partial charge on any atom is 0.220 e. The van der Waals surface area contributed by atoms with Crippen molar-refractivity contribution in [2.45, 2.75) is 25.8 Å². The van der Waals surface area contributed by atoms with E-state index in [1.807, 2.05) is 30.5 Å². The van der Waals surface area contributed by atoms with Gasteiger partial charge < -0.3 is 15.0 Å². The molecule has 0 bridgehead atoms. The Bertz CT molecular complexity index is 777. The number of aryl methyl sites for hydroxylation is 1. The Labute approximate surface area is 134 Å². The molecule has 3 aromatic rings. The van der Waals surface area contributed by atoms with Gasteiger partial charge in [0.1, 0.15) is 5.75 Å². The molecule has 120 valence electrons. The van der Waals surface area contributed by atoms with Gasteiger partial charge in [0.15, 0.2) is 0 Å². The molecular formula is C17H20N4O2. The van der Waals surface area contributed by atoms with Gasteiger partial charge in [0.2, 0.25) is 5.91 Å². The third kappa shape index (κ3) is 3.91. The predicted molar refractivity (Wildman–Crippen MR) is 88.2 cm³/mol. The zero-order valence-electron chi connectivity index (χ0n) is 13.1. The maximum absolute atomic E-state index is 11.9. The summed E-state index contributed by atoms with van der Waals surface area (Å²) in [5.41, 5.74) is 3.15. The van der Waals surface area contributed by atoms with E-state index >= 15 is 0 Å². The summed E-state index contributed by atoms with van der Waals surface area (Å²) >= 11 is 0. The summed E-state index contributed by atoms with van der Waals surface area (Å²) < 4.78 is 5.21. The lowest BCUT2D eigenvalue weighted by Crippen LogP contribution is -2.22. The van der Waals surface area contributed by atoms with Crippen LogP contribution >= 0.6 is 0 Å². The van der Waals surface area contributed by atoms with E-state index in [4.69, 9.17) is 4.74 Å². The zero-order valence-corrected chi connectivity index (χ0v) is 13.1. The molecule has 1 amide bonds. The van der Waals surface area contributed by atoms with Crippen molar-refractivity contribution in [2.75, 3.05) is 7.11 Å². The molecule has 3 rings (SSSR count). The highest BCUT2D eigenvalue weighted by molar-refractivity contribution is 5.82. The molecule has 2 heterocycles. The summed E-state index contributed by atoms with van der Waals surface area (Å²) in [5.74, 6) is 0.885. The fourth-order valence-electron chi connectivity index (χ4n) is 2.54. The minimum absolute atomic E-state index is 0.0599. The number of carbonyl (C=O) groups excluding carboxylic acids is 1. The first-order chi connectivity index (χ1) is 11.2. The largest absolute Gasteiger partial charge is 0.497 e. The number of hydrogen-bond donors (Lipinski definition) is 3. The van der Waals surface area contributed by atoms with Gasteiger partial charge in [-0.05, 0) is 42.7 Å². The van der Waals surface area contributed by atoms with Crippen molar-refractivity contribution < 1.29 is 9.53 Å². The Kier molecular flexibility index (Phi) is 4.61. The van der Waals surface area contributed by atoms with Crippen LogP contribution in [-0.4, -0.2) is 28.2 Å². The first-order valence-corrected chi connectivity index (χ1v) is 7.64. The lowest BCUT2D eigenvalue weighted by atomic mass is 10.1. The summed E-state index contributed by atoms with van der Waals surface area (Å²) in [6, 6.07) is 7.90. The lowest BCUT2D eigenvalue weighted by Gasteiger charge is -2.03. The van der Waals surface area contributed by atoms with E-state index in [-0.39, 0.29) is 5.91 Å². The number of aromatic amines is 2. The van der Waals surface area contributed by atoms with E-state index in [9.17, 15) is 4.79 Å². The molecule has 2 aromatic heterocycles. The number of amides is 1. The Morgan fingerprint density at radius 3 is 3.04 bits per heavy atom. The number of nitrogens with zero attached hydrogens (tertiary/aromatic N) is 1. The first-order valence-electron chi connectivity index (χ1n) is 7.64. The van der Waals surface area contributed by atoms with Crippen LogP contribution < -0.4 is 10.1 Å². The predicted octanol–water partition coefficient (Wildman–Crippen LogP) is 2.54. The third-order valence-corrected chi connectivity index (χ3v) is 3.78. The summed E-state index contributed by atoms with van der Waals surface area (Å²) in [4.78, 5) is 15.2. The molecule has 23 heavy (non-hydrogen) atoms. The van der Waals surface area contributed by atoms with Gasteiger partial charge in [0.25, 0.3) is 0 Å². The van der Waals surface area contributed by atoms with Crippen LogP contribution in [0.4, 0.5) is 0 Å². The van der Waals surface area contributed by atoms with Crippen molar-refractivity contribution >= 4 is 16.8 Å². The second kappa shape index (κ2) is 7.00. The molecule has 0 radical (unpaired) electrons. The molecule has 0 saturated heterocycles. The Morgan fingerprint density at radius 2 is 2.26 bits per heavy atom. The van der Waals surface area contributed by atoms with Gasteiger partial charge >= 0.3 is 0 Å². The van der Waals surface area contributed by atoms with Gasteiger partial charge in [-0.1, -0.05) is 0 Å². The van der Waals surface area contributed by atoms with Crippen LogP contribution in [0.2, 0.25) is 0 Å². The van der Waals surface area contributed by atoms with Crippen LogP contribution in [0.3, 0.4) is 0 Å². The van der Waals surface area contributed by atoms with E-state index in [0.717, 1.165) is 40.8 Å². The molecule has 0 aliphatic heterocycles. The Hall–Kier alpha value is -2.76. The summed E-state index contributed by atoms with van der Waals surface area (Å²) in [6.07, 6.45) is 5.83. The molecule has 3 N–H and O–H groups in total. The smallest absolute Gasteiger partial charge is 0.220 e. The molecule has 0 atom stereocenters. The van der Waals surface area contributed by atoms with Gasteiger partial charge in [0.05, 0.1) is 19.9 Å². The molecule has 0 unspecified atom stereocenters. The average Bonchev–Trinajstić information content (AvgIpc) is 3.21. The highest BCUT2D eigenvalue weighted by atomic mass is 16.5. The fourth-order valence-corrected chi connectivity index (χ4v) is 2.54. The van der Waals surface area contributed by atoms with E-state index in [1.54, 1.807) is 13.3 Å². The van der Waals surface area contributed by atoms with Gasteiger partial charge in [-0.15, -0.1) is 0 Å². The monoisotopic (exact) mass is 312 g/mol. The molecule has 0 fully saturated rings. The van der Waals surface area contributed by atoms with Crippen LogP contribution in [-0.2, 0) is 17.8 Å². The number of benzene rings is 1. The number of hydrogen-bond acceptors (Lipinski definition) is 3. The lowest BCUT2D eigenvalue weighted by molar-refractivity contribution is -0.121. The van der Waals surface area contributed by atoms with Crippen LogP contribution in [0.25, 0.3) is 10.9 Å². The second-order valence-corrected chi connectivity index (χ2v) is 5.48. The van der Waals surface area contributed by atoms with E-state index in [1.165, 1.54) is 0 Å². The number of methoxy groups -OCH3 is 1. The molecule has 0 aliphatic carbocycles. The SMILES string of the molecule is COc1ccc2[nH]c(CNC(=O)CCCc3cn[nH]c3)cc2c1. The molecule has 0 spiro atoms. The number of rotatable bonds is 7. The number of H-pyrrole nitrogens is 2. The van der Waals surface area contributed by atoms with Gasteiger partial charge in [-0.3, -0.25) is 9.89 Å². The number of fused-ring (bicyclic) bond motifs is 1. The quantitative estimate of drug-likeness (QED) is 0.627. The number of aromatic nitrogens is 3. The van der Waals surface area contributed by atoms with Crippen LogP contribution in [0.1, 0.15) is 24.1 Å². The normalized spacial score (nSPS) is 10.8. The standard InChI is InChI=1S/C17H20N4O2/c1-23-15-5-6-16-13(8-15)7-14(21-16)11-18-17(22)4-2-3-12-9-19-20-10-12/h5-10,21H,2-4,11H2,1H3,(H,18,22)(H,19,20). The number of nitrogens with one attached hydrogen (secondary N) is 3. The van der Waals surface area contributed by atoms with Crippen LogP contribution in [0.15, 0.2) is 36.7 Å². The average molecular weight is 312 g/mol. The summed E-state index contributed by atoms with van der Waals surface area (Å²) in [7, 11) is 1.65. The molecule has 0 aliphatic rings. The minimum Gasteiger partial charge on any atom is -0.497 e. The summed E-state index contributed by atoms with van der Waals surface area (Å²) in [5, 5.41) is 10.7. The van der Waals surface area contributed by atoms with E-state index < -0.39 is 0 Å². The van der Waals surface area contributed by atoms with Crippen molar-refractivity contribution in [1.82, 2.24) is 20.5 Å². The molecule has 6 heteroatoms. The molecular weight excluding hydrogens is 292 g/mol. The summed E-state index contributed by atoms with van der Waals surface area (Å²) in [6.45, 7) is 0.502. The topological polar surface area (TPSA) is 82.8 Å². The van der Waals surface area contributed by atoms with Crippen molar-refractivity contribution in [2.24, 2.45) is 0 Å². The van der Waals surface area contributed by atoms with Crippen LogP contribution in [0.5, 0.6) is 5.75 Å². The highest BCUT2D eigenvalue weighted by Gasteiger charge is 2.05. The minimum atomic E-state index is 0.0599. The van der Waals surface area contributed by atoms with Gasteiger partial charge in [-0.2, -0.15) is 5.10 Å². The second-order valence-electron chi connectivity index (χ2n) is 5.48.